The maximum atomic E-state index is 5.89. The standard InChI is InChI=1S/C15H23N3O/c1-2-6-16-9-12-8-13(5-7-17-12)18-10-14-3-4-15(11-18)19-14/h5,7-8,14-16H,2-4,6,9-11H2,1H3. The van der Waals surface area contributed by atoms with Crippen molar-refractivity contribution < 1.29 is 4.74 Å². The van der Waals surface area contributed by atoms with Crippen molar-refractivity contribution in [3.8, 4) is 0 Å². The number of aromatic nitrogens is 1. The molecular formula is C15H23N3O. The Balaban J connectivity index is 1.65. The number of hydrogen-bond acceptors (Lipinski definition) is 4. The fraction of sp³-hybridized carbons (Fsp3) is 0.667. The van der Waals surface area contributed by atoms with Gasteiger partial charge in [-0.15, -0.1) is 0 Å². The molecule has 0 radical (unpaired) electrons. The minimum Gasteiger partial charge on any atom is -0.371 e. The molecule has 1 N–H and O–H groups in total. The number of pyridine rings is 1. The van der Waals surface area contributed by atoms with Crippen molar-refractivity contribution in [2.75, 3.05) is 24.5 Å². The van der Waals surface area contributed by atoms with Crippen molar-refractivity contribution in [2.45, 2.75) is 44.9 Å². The van der Waals surface area contributed by atoms with Gasteiger partial charge in [0.25, 0.3) is 0 Å². The van der Waals surface area contributed by atoms with Gasteiger partial charge in [0, 0.05) is 31.5 Å². The summed E-state index contributed by atoms with van der Waals surface area (Å²) in [6.45, 7) is 6.15. The summed E-state index contributed by atoms with van der Waals surface area (Å²) in [5.74, 6) is 0. The van der Waals surface area contributed by atoms with E-state index in [2.05, 4.69) is 34.3 Å². The maximum Gasteiger partial charge on any atom is 0.0755 e. The van der Waals surface area contributed by atoms with Gasteiger partial charge in [-0.2, -0.15) is 0 Å². The van der Waals surface area contributed by atoms with Crippen LogP contribution in [0, 0.1) is 0 Å². The van der Waals surface area contributed by atoms with Crippen molar-refractivity contribution in [2.24, 2.45) is 0 Å². The van der Waals surface area contributed by atoms with Crippen LogP contribution in [0.1, 0.15) is 31.9 Å². The van der Waals surface area contributed by atoms with Crippen LogP contribution < -0.4 is 10.2 Å². The third-order valence-corrected chi connectivity index (χ3v) is 3.94. The molecule has 0 aliphatic carbocycles. The molecule has 2 atom stereocenters. The van der Waals surface area contributed by atoms with Gasteiger partial charge in [-0.1, -0.05) is 6.92 Å². The first kappa shape index (κ1) is 12.9. The summed E-state index contributed by atoms with van der Waals surface area (Å²) in [6.07, 6.45) is 6.40. The molecule has 2 fully saturated rings. The molecule has 1 aromatic heterocycles. The predicted molar refractivity (Wildman–Crippen MR) is 76.3 cm³/mol. The Bertz CT molecular complexity index is 412. The van der Waals surface area contributed by atoms with Gasteiger partial charge in [-0.05, 0) is 37.9 Å². The first-order valence-electron chi connectivity index (χ1n) is 7.41. The smallest absolute Gasteiger partial charge is 0.0755 e. The molecule has 3 heterocycles. The van der Waals surface area contributed by atoms with E-state index in [0.717, 1.165) is 38.3 Å². The zero-order chi connectivity index (χ0) is 13.1. The van der Waals surface area contributed by atoms with Crippen LogP contribution in [0.25, 0.3) is 0 Å². The molecule has 0 amide bonds. The Hall–Kier alpha value is -1.13. The number of fused-ring (bicyclic) bond motifs is 2. The van der Waals surface area contributed by atoms with E-state index in [-0.39, 0.29) is 0 Å². The molecule has 2 unspecified atom stereocenters. The predicted octanol–water partition coefficient (Wildman–Crippen LogP) is 1.95. The lowest BCUT2D eigenvalue weighted by Crippen LogP contribution is -2.42. The highest BCUT2D eigenvalue weighted by Crippen LogP contribution is 2.29. The summed E-state index contributed by atoms with van der Waals surface area (Å²) in [5, 5.41) is 3.41. The van der Waals surface area contributed by atoms with E-state index in [4.69, 9.17) is 4.74 Å². The minimum absolute atomic E-state index is 0.439. The molecule has 2 saturated heterocycles. The zero-order valence-corrected chi connectivity index (χ0v) is 11.6. The molecule has 104 valence electrons. The quantitative estimate of drug-likeness (QED) is 0.822. The number of ether oxygens (including phenoxy) is 1. The van der Waals surface area contributed by atoms with Crippen molar-refractivity contribution >= 4 is 5.69 Å². The van der Waals surface area contributed by atoms with Crippen LogP contribution in [0.4, 0.5) is 5.69 Å². The Morgan fingerprint density at radius 3 is 2.89 bits per heavy atom. The molecule has 0 spiro atoms. The fourth-order valence-corrected chi connectivity index (χ4v) is 2.98. The molecular weight excluding hydrogens is 238 g/mol. The van der Waals surface area contributed by atoms with E-state index in [1.807, 2.05) is 6.20 Å². The Labute approximate surface area is 115 Å². The lowest BCUT2D eigenvalue weighted by atomic mass is 10.2. The molecule has 0 aromatic carbocycles. The van der Waals surface area contributed by atoms with Crippen molar-refractivity contribution in [1.82, 2.24) is 10.3 Å². The summed E-state index contributed by atoms with van der Waals surface area (Å²) in [6, 6.07) is 4.33. The highest BCUT2D eigenvalue weighted by molar-refractivity contribution is 5.47. The van der Waals surface area contributed by atoms with E-state index in [1.54, 1.807) is 0 Å². The van der Waals surface area contributed by atoms with E-state index in [9.17, 15) is 0 Å². The number of nitrogens with one attached hydrogen (secondary N) is 1. The highest BCUT2D eigenvalue weighted by atomic mass is 16.5. The molecule has 4 nitrogen and oxygen atoms in total. The number of nitrogens with zero attached hydrogens (tertiary/aromatic N) is 2. The second-order valence-corrected chi connectivity index (χ2v) is 5.54. The van der Waals surface area contributed by atoms with Gasteiger partial charge in [0.1, 0.15) is 0 Å². The summed E-state index contributed by atoms with van der Waals surface area (Å²) in [5.41, 5.74) is 2.42. The number of rotatable bonds is 5. The lowest BCUT2D eigenvalue weighted by Gasteiger charge is -2.34. The average molecular weight is 261 g/mol. The number of morpholine rings is 1. The Morgan fingerprint density at radius 1 is 1.37 bits per heavy atom. The monoisotopic (exact) mass is 261 g/mol. The van der Waals surface area contributed by atoms with Crippen LogP contribution in [0.2, 0.25) is 0 Å². The molecule has 2 bridgehead atoms. The van der Waals surface area contributed by atoms with Gasteiger partial charge in [0.2, 0.25) is 0 Å². The first-order chi connectivity index (χ1) is 9.35. The van der Waals surface area contributed by atoms with Crippen LogP contribution in [-0.4, -0.2) is 36.8 Å². The van der Waals surface area contributed by atoms with Crippen LogP contribution in [0.3, 0.4) is 0 Å². The van der Waals surface area contributed by atoms with Gasteiger partial charge in [-0.3, -0.25) is 4.98 Å². The summed E-state index contributed by atoms with van der Waals surface area (Å²) >= 11 is 0. The van der Waals surface area contributed by atoms with E-state index in [1.165, 1.54) is 18.5 Å². The van der Waals surface area contributed by atoms with Crippen LogP contribution in [0.15, 0.2) is 18.3 Å². The van der Waals surface area contributed by atoms with E-state index in [0.29, 0.717) is 12.2 Å². The van der Waals surface area contributed by atoms with Crippen LogP contribution >= 0.6 is 0 Å². The Kier molecular flexibility index (Phi) is 3.99. The second kappa shape index (κ2) is 5.88. The molecule has 2 aliphatic heterocycles. The number of hydrogen-bond donors (Lipinski definition) is 1. The summed E-state index contributed by atoms with van der Waals surface area (Å²) < 4.78 is 5.89. The zero-order valence-electron chi connectivity index (χ0n) is 11.6. The summed E-state index contributed by atoms with van der Waals surface area (Å²) in [4.78, 5) is 6.89. The topological polar surface area (TPSA) is 37.4 Å². The maximum absolute atomic E-state index is 5.89. The van der Waals surface area contributed by atoms with Crippen molar-refractivity contribution in [1.29, 1.82) is 0 Å². The molecule has 0 saturated carbocycles. The minimum atomic E-state index is 0.439. The molecule has 1 aromatic rings. The third-order valence-electron chi connectivity index (χ3n) is 3.94. The Morgan fingerprint density at radius 2 is 2.16 bits per heavy atom. The normalized spacial score (nSPS) is 25.8. The average Bonchev–Trinajstić information content (AvgIpc) is 2.78. The summed E-state index contributed by atoms with van der Waals surface area (Å²) in [7, 11) is 0. The van der Waals surface area contributed by atoms with Gasteiger partial charge in [0.15, 0.2) is 0 Å². The van der Waals surface area contributed by atoms with Crippen molar-refractivity contribution in [3.63, 3.8) is 0 Å². The van der Waals surface area contributed by atoms with E-state index < -0.39 is 0 Å². The largest absolute Gasteiger partial charge is 0.371 e. The molecule has 3 rings (SSSR count). The first-order valence-corrected chi connectivity index (χ1v) is 7.41. The molecule has 2 aliphatic rings. The SMILES string of the molecule is CCCNCc1cc(N2CC3CCC(C2)O3)ccn1. The van der Waals surface area contributed by atoms with Crippen LogP contribution in [0.5, 0.6) is 0 Å². The van der Waals surface area contributed by atoms with Gasteiger partial charge in [0.05, 0.1) is 17.9 Å². The van der Waals surface area contributed by atoms with Gasteiger partial charge >= 0.3 is 0 Å². The fourth-order valence-electron chi connectivity index (χ4n) is 2.98. The molecule has 19 heavy (non-hydrogen) atoms. The lowest BCUT2D eigenvalue weighted by molar-refractivity contribution is 0.0305. The third kappa shape index (κ3) is 3.07. The second-order valence-electron chi connectivity index (χ2n) is 5.54. The van der Waals surface area contributed by atoms with Crippen molar-refractivity contribution in [3.05, 3.63) is 24.0 Å². The molecule has 4 heteroatoms. The van der Waals surface area contributed by atoms with E-state index >= 15 is 0 Å². The highest BCUT2D eigenvalue weighted by Gasteiger charge is 2.33. The van der Waals surface area contributed by atoms with Crippen LogP contribution in [-0.2, 0) is 11.3 Å². The van der Waals surface area contributed by atoms with Gasteiger partial charge in [-0.25, -0.2) is 0 Å². The number of anilines is 1. The van der Waals surface area contributed by atoms with Gasteiger partial charge < -0.3 is 15.0 Å².